The number of alkyl halides is 1. The molecule has 1 atom stereocenters. The Balaban J connectivity index is 2.58. The van der Waals surface area contributed by atoms with Gasteiger partial charge in [0.05, 0.1) is 6.26 Å². The molecule has 0 bridgehead atoms. The van der Waals surface area contributed by atoms with Gasteiger partial charge in [-0.2, -0.15) is 0 Å². The van der Waals surface area contributed by atoms with Gasteiger partial charge in [-0.15, -0.1) is 0 Å². The van der Waals surface area contributed by atoms with E-state index in [0.717, 1.165) is 18.2 Å². The SMILES string of the molecule is CS(=O)(=O)N1CCCC(CBr)C1. The fourth-order valence-corrected chi connectivity index (χ4v) is 2.92. The Hall–Kier alpha value is 0.390. The number of halogens is 1. The summed E-state index contributed by atoms with van der Waals surface area (Å²) in [6, 6.07) is 0. The molecule has 3 nitrogen and oxygen atoms in total. The van der Waals surface area contributed by atoms with Crippen LogP contribution in [0.3, 0.4) is 0 Å². The predicted molar refractivity (Wildman–Crippen MR) is 52.9 cm³/mol. The Bertz CT molecular complexity index is 240. The maximum Gasteiger partial charge on any atom is 0.211 e. The molecule has 0 aromatic carbocycles. The van der Waals surface area contributed by atoms with Crippen LogP contribution in [0.25, 0.3) is 0 Å². The maximum absolute atomic E-state index is 11.2. The van der Waals surface area contributed by atoms with Gasteiger partial charge in [-0.05, 0) is 18.8 Å². The summed E-state index contributed by atoms with van der Waals surface area (Å²) in [4.78, 5) is 0. The van der Waals surface area contributed by atoms with Crippen molar-refractivity contribution in [3.8, 4) is 0 Å². The topological polar surface area (TPSA) is 37.4 Å². The molecule has 12 heavy (non-hydrogen) atoms. The highest BCUT2D eigenvalue weighted by atomic mass is 79.9. The third-order valence-corrected chi connectivity index (χ3v) is 4.35. The molecule has 0 radical (unpaired) electrons. The van der Waals surface area contributed by atoms with Crippen LogP contribution in [-0.2, 0) is 10.0 Å². The summed E-state index contributed by atoms with van der Waals surface area (Å²) in [5, 5.41) is 0.902. The molecular weight excluding hydrogens is 242 g/mol. The van der Waals surface area contributed by atoms with Crippen molar-refractivity contribution in [3.05, 3.63) is 0 Å². The molecule has 0 aliphatic carbocycles. The van der Waals surface area contributed by atoms with Crippen LogP contribution >= 0.6 is 15.9 Å². The summed E-state index contributed by atoms with van der Waals surface area (Å²) in [6.45, 7) is 1.38. The lowest BCUT2D eigenvalue weighted by Gasteiger charge is -2.29. The van der Waals surface area contributed by atoms with Crippen molar-refractivity contribution >= 4 is 26.0 Å². The van der Waals surface area contributed by atoms with Gasteiger partial charge < -0.3 is 0 Å². The molecule has 1 saturated heterocycles. The molecule has 1 unspecified atom stereocenters. The minimum Gasteiger partial charge on any atom is -0.213 e. The Morgan fingerprint density at radius 2 is 2.25 bits per heavy atom. The van der Waals surface area contributed by atoms with E-state index in [9.17, 15) is 8.42 Å². The van der Waals surface area contributed by atoms with Crippen LogP contribution in [0.1, 0.15) is 12.8 Å². The Kier molecular flexibility index (Phi) is 3.55. The van der Waals surface area contributed by atoms with E-state index in [0.29, 0.717) is 19.0 Å². The standard InChI is InChI=1S/C7H14BrNO2S/c1-12(10,11)9-4-2-3-7(5-8)6-9/h7H,2-6H2,1H3. The van der Waals surface area contributed by atoms with Gasteiger partial charge in [-0.1, -0.05) is 15.9 Å². The zero-order valence-corrected chi connectivity index (χ0v) is 9.57. The monoisotopic (exact) mass is 255 g/mol. The first-order valence-electron chi connectivity index (χ1n) is 4.05. The molecule has 0 aromatic rings. The summed E-state index contributed by atoms with van der Waals surface area (Å²) < 4.78 is 23.9. The summed E-state index contributed by atoms with van der Waals surface area (Å²) >= 11 is 3.38. The number of hydrogen-bond donors (Lipinski definition) is 0. The molecule has 1 heterocycles. The highest BCUT2D eigenvalue weighted by Gasteiger charge is 2.24. The fraction of sp³-hybridized carbons (Fsp3) is 1.00. The van der Waals surface area contributed by atoms with Crippen LogP contribution in [0.5, 0.6) is 0 Å². The third-order valence-electron chi connectivity index (χ3n) is 2.17. The molecule has 5 heteroatoms. The lowest BCUT2D eigenvalue weighted by molar-refractivity contribution is 0.287. The minimum atomic E-state index is -2.96. The molecular formula is C7H14BrNO2S. The van der Waals surface area contributed by atoms with E-state index in [1.54, 1.807) is 4.31 Å². The molecule has 0 N–H and O–H groups in total. The van der Waals surface area contributed by atoms with Crippen LogP contribution in [0, 0.1) is 5.92 Å². The van der Waals surface area contributed by atoms with Gasteiger partial charge in [-0.25, -0.2) is 12.7 Å². The van der Waals surface area contributed by atoms with E-state index < -0.39 is 10.0 Å². The van der Waals surface area contributed by atoms with Gasteiger partial charge in [0.25, 0.3) is 0 Å². The fourth-order valence-electron chi connectivity index (χ4n) is 1.45. The van der Waals surface area contributed by atoms with Crippen LogP contribution in [0.15, 0.2) is 0 Å². The largest absolute Gasteiger partial charge is 0.213 e. The van der Waals surface area contributed by atoms with Crippen molar-refractivity contribution in [2.75, 3.05) is 24.7 Å². The Labute approximate surface area is 82.3 Å². The second-order valence-electron chi connectivity index (χ2n) is 3.28. The zero-order chi connectivity index (χ0) is 9.19. The van der Waals surface area contributed by atoms with E-state index in [2.05, 4.69) is 15.9 Å². The first-order chi connectivity index (χ1) is 5.54. The molecule has 1 aliphatic rings. The molecule has 0 spiro atoms. The van der Waals surface area contributed by atoms with E-state index in [1.165, 1.54) is 6.26 Å². The number of sulfonamides is 1. The smallest absolute Gasteiger partial charge is 0.211 e. The van der Waals surface area contributed by atoms with Crippen molar-refractivity contribution in [2.45, 2.75) is 12.8 Å². The quantitative estimate of drug-likeness (QED) is 0.692. The van der Waals surface area contributed by atoms with Gasteiger partial charge in [0.15, 0.2) is 0 Å². The maximum atomic E-state index is 11.2. The summed E-state index contributed by atoms with van der Waals surface area (Å²) in [5.41, 5.74) is 0. The molecule has 1 rings (SSSR count). The van der Waals surface area contributed by atoms with Crippen molar-refractivity contribution in [3.63, 3.8) is 0 Å². The van der Waals surface area contributed by atoms with E-state index >= 15 is 0 Å². The average molecular weight is 256 g/mol. The van der Waals surface area contributed by atoms with Gasteiger partial charge in [0.1, 0.15) is 0 Å². The highest BCUT2D eigenvalue weighted by molar-refractivity contribution is 9.09. The lowest BCUT2D eigenvalue weighted by atomic mass is 10.0. The first-order valence-corrected chi connectivity index (χ1v) is 7.02. The second kappa shape index (κ2) is 4.07. The Morgan fingerprint density at radius 3 is 2.75 bits per heavy atom. The highest BCUT2D eigenvalue weighted by Crippen LogP contribution is 2.19. The molecule has 1 fully saturated rings. The normalized spacial score (nSPS) is 27.3. The second-order valence-corrected chi connectivity index (χ2v) is 5.91. The van der Waals surface area contributed by atoms with Crippen molar-refractivity contribution in [1.29, 1.82) is 0 Å². The van der Waals surface area contributed by atoms with Crippen LogP contribution in [0.2, 0.25) is 0 Å². The number of nitrogens with zero attached hydrogens (tertiary/aromatic N) is 1. The van der Waals surface area contributed by atoms with Crippen LogP contribution < -0.4 is 0 Å². The van der Waals surface area contributed by atoms with Crippen LogP contribution in [-0.4, -0.2) is 37.4 Å². The number of hydrogen-bond acceptors (Lipinski definition) is 2. The van der Waals surface area contributed by atoms with E-state index in [4.69, 9.17) is 0 Å². The van der Waals surface area contributed by atoms with Gasteiger partial charge in [-0.3, -0.25) is 0 Å². The molecule has 0 saturated carbocycles. The zero-order valence-electron chi connectivity index (χ0n) is 7.16. The molecule has 0 aromatic heterocycles. The average Bonchev–Trinajstić information content (AvgIpc) is 2.03. The first kappa shape index (κ1) is 10.5. The molecule has 1 aliphatic heterocycles. The van der Waals surface area contributed by atoms with Gasteiger partial charge in [0, 0.05) is 18.4 Å². The predicted octanol–water partition coefficient (Wildman–Crippen LogP) is 1.05. The van der Waals surface area contributed by atoms with Crippen molar-refractivity contribution in [2.24, 2.45) is 5.92 Å². The number of rotatable bonds is 2. The Morgan fingerprint density at radius 1 is 1.58 bits per heavy atom. The summed E-state index contributed by atoms with van der Waals surface area (Å²) in [7, 11) is -2.96. The minimum absolute atomic E-state index is 0.494. The van der Waals surface area contributed by atoms with Gasteiger partial charge >= 0.3 is 0 Å². The van der Waals surface area contributed by atoms with Crippen molar-refractivity contribution < 1.29 is 8.42 Å². The lowest BCUT2D eigenvalue weighted by Crippen LogP contribution is -2.39. The van der Waals surface area contributed by atoms with Crippen molar-refractivity contribution in [1.82, 2.24) is 4.31 Å². The van der Waals surface area contributed by atoms with Gasteiger partial charge in [0.2, 0.25) is 10.0 Å². The van der Waals surface area contributed by atoms with E-state index in [-0.39, 0.29) is 0 Å². The summed E-state index contributed by atoms with van der Waals surface area (Å²) in [5.74, 6) is 0.494. The molecule has 0 amide bonds. The van der Waals surface area contributed by atoms with E-state index in [1.807, 2.05) is 0 Å². The van der Waals surface area contributed by atoms with Crippen LogP contribution in [0.4, 0.5) is 0 Å². The third kappa shape index (κ3) is 2.71. The summed E-state index contributed by atoms with van der Waals surface area (Å²) in [6.07, 6.45) is 3.41. The molecule has 72 valence electrons. The number of piperidine rings is 1.